The molecule has 0 bridgehead atoms. The number of amides is 1. The minimum atomic E-state index is -0.775. The minimum Gasteiger partial charge on any atom is -0.369 e. The van der Waals surface area contributed by atoms with E-state index in [1.54, 1.807) is 6.08 Å². The number of rotatable bonds is 3. The standard InChI is InChI=1S/C14H17NO2/c1-3-11-9-13(16)15(14(11)17)10(2)12-7-5-4-6-8-12/h4-10,14,17H,3H2,1-2H3/t10-,14?/m0/s1. The SMILES string of the molecule is CCC1=CC(=O)N([C@@H](C)c2ccccc2)C1O. The number of aliphatic hydroxyl groups is 1. The van der Waals surface area contributed by atoms with E-state index >= 15 is 0 Å². The van der Waals surface area contributed by atoms with E-state index in [9.17, 15) is 9.90 Å². The van der Waals surface area contributed by atoms with Gasteiger partial charge in [0, 0.05) is 6.08 Å². The summed E-state index contributed by atoms with van der Waals surface area (Å²) in [5.74, 6) is -0.106. The molecule has 0 saturated carbocycles. The quantitative estimate of drug-likeness (QED) is 0.866. The minimum absolute atomic E-state index is 0.106. The highest BCUT2D eigenvalue weighted by molar-refractivity contribution is 5.92. The zero-order chi connectivity index (χ0) is 12.4. The molecule has 1 amide bonds. The van der Waals surface area contributed by atoms with E-state index in [4.69, 9.17) is 0 Å². The van der Waals surface area contributed by atoms with Crippen LogP contribution < -0.4 is 0 Å². The molecule has 90 valence electrons. The number of aliphatic hydroxyl groups excluding tert-OH is 1. The van der Waals surface area contributed by atoms with Crippen LogP contribution in [0.1, 0.15) is 31.9 Å². The Morgan fingerprint density at radius 1 is 1.35 bits per heavy atom. The molecule has 0 aromatic heterocycles. The molecule has 0 fully saturated rings. The molecule has 0 aliphatic carbocycles. The maximum absolute atomic E-state index is 11.9. The summed E-state index contributed by atoms with van der Waals surface area (Å²) in [6.07, 6.45) is 1.47. The average molecular weight is 231 g/mol. The molecule has 17 heavy (non-hydrogen) atoms. The number of carbonyl (C=O) groups is 1. The van der Waals surface area contributed by atoms with E-state index in [1.807, 2.05) is 44.2 Å². The molecule has 1 aliphatic heterocycles. The first kappa shape index (κ1) is 11.9. The molecule has 0 saturated heterocycles. The van der Waals surface area contributed by atoms with Crippen molar-refractivity contribution in [1.29, 1.82) is 0 Å². The van der Waals surface area contributed by atoms with Crippen LogP contribution in [0, 0.1) is 0 Å². The molecular weight excluding hydrogens is 214 g/mol. The third kappa shape index (κ3) is 2.11. The topological polar surface area (TPSA) is 40.5 Å². The van der Waals surface area contributed by atoms with Crippen molar-refractivity contribution < 1.29 is 9.90 Å². The lowest BCUT2D eigenvalue weighted by atomic mass is 10.1. The monoisotopic (exact) mass is 231 g/mol. The van der Waals surface area contributed by atoms with Gasteiger partial charge in [0.1, 0.15) is 0 Å². The highest BCUT2D eigenvalue weighted by Gasteiger charge is 2.33. The highest BCUT2D eigenvalue weighted by Crippen LogP contribution is 2.29. The second-order valence-electron chi connectivity index (χ2n) is 4.28. The van der Waals surface area contributed by atoms with Gasteiger partial charge < -0.3 is 10.0 Å². The van der Waals surface area contributed by atoms with E-state index < -0.39 is 6.23 Å². The van der Waals surface area contributed by atoms with E-state index in [2.05, 4.69) is 0 Å². The summed E-state index contributed by atoms with van der Waals surface area (Å²) in [4.78, 5) is 13.4. The molecule has 3 heteroatoms. The fourth-order valence-corrected chi connectivity index (χ4v) is 2.19. The number of hydrogen-bond donors (Lipinski definition) is 1. The third-order valence-electron chi connectivity index (χ3n) is 3.27. The van der Waals surface area contributed by atoms with Crippen molar-refractivity contribution in [3.05, 3.63) is 47.5 Å². The third-order valence-corrected chi connectivity index (χ3v) is 3.27. The van der Waals surface area contributed by atoms with Gasteiger partial charge in [-0.15, -0.1) is 0 Å². The van der Waals surface area contributed by atoms with E-state index in [0.717, 1.165) is 11.1 Å². The van der Waals surface area contributed by atoms with Crippen LogP contribution in [0.3, 0.4) is 0 Å². The highest BCUT2D eigenvalue weighted by atomic mass is 16.3. The molecule has 0 spiro atoms. The molecular formula is C14H17NO2. The summed E-state index contributed by atoms with van der Waals surface area (Å²) in [7, 11) is 0. The fraction of sp³-hybridized carbons (Fsp3) is 0.357. The van der Waals surface area contributed by atoms with Gasteiger partial charge in [0.05, 0.1) is 6.04 Å². The van der Waals surface area contributed by atoms with Crippen molar-refractivity contribution in [2.24, 2.45) is 0 Å². The lowest BCUT2D eigenvalue weighted by molar-refractivity contribution is -0.134. The molecule has 1 aliphatic rings. The molecule has 1 aromatic carbocycles. The number of nitrogens with zero attached hydrogens (tertiary/aromatic N) is 1. The summed E-state index contributed by atoms with van der Waals surface area (Å²) >= 11 is 0. The first-order valence-corrected chi connectivity index (χ1v) is 5.91. The van der Waals surface area contributed by atoms with E-state index in [-0.39, 0.29) is 11.9 Å². The maximum Gasteiger partial charge on any atom is 0.249 e. The Morgan fingerprint density at radius 3 is 2.53 bits per heavy atom. The fourth-order valence-electron chi connectivity index (χ4n) is 2.19. The zero-order valence-electron chi connectivity index (χ0n) is 10.1. The van der Waals surface area contributed by atoms with Crippen molar-refractivity contribution in [2.75, 3.05) is 0 Å². The molecule has 2 rings (SSSR count). The van der Waals surface area contributed by atoms with Gasteiger partial charge in [0.2, 0.25) is 5.91 Å². The Balaban J connectivity index is 2.23. The van der Waals surface area contributed by atoms with Gasteiger partial charge >= 0.3 is 0 Å². The van der Waals surface area contributed by atoms with Crippen molar-refractivity contribution in [1.82, 2.24) is 4.90 Å². The Kier molecular flexibility index (Phi) is 3.29. The van der Waals surface area contributed by atoms with Crippen LogP contribution in [-0.2, 0) is 4.79 Å². The van der Waals surface area contributed by atoms with E-state index in [0.29, 0.717) is 6.42 Å². The van der Waals surface area contributed by atoms with Crippen LogP contribution in [0.2, 0.25) is 0 Å². The normalized spacial score (nSPS) is 21.6. The molecule has 1 aromatic rings. The summed E-state index contributed by atoms with van der Waals surface area (Å²) in [5.41, 5.74) is 1.82. The van der Waals surface area contributed by atoms with Crippen molar-refractivity contribution >= 4 is 5.91 Å². The Bertz CT molecular complexity index is 439. The van der Waals surface area contributed by atoms with Gasteiger partial charge in [-0.25, -0.2) is 0 Å². The van der Waals surface area contributed by atoms with Crippen molar-refractivity contribution in [3.63, 3.8) is 0 Å². The molecule has 1 heterocycles. The smallest absolute Gasteiger partial charge is 0.249 e. The van der Waals surface area contributed by atoms with Crippen molar-refractivity contribution in [3.8, 4) is 0 Å². The molecule has 0 radical (unpaired) electrons. The lowest BCUT2D eigenvalue weighted by Gasteiger charge is -2.29. The maximum atomic E-state index is 11.9. The predicted octanol–water partition coefficient (Wildman–Crippen LogP) is 2.24. The molecule has 1 N–H and O–H groups in total. The van der Waals surface area contributed by atoms with Gasteiger partial charge in [0.15, 0.2) is 6.23 Å². The Hall–Kier alpha value is -1.61. The number of carbonyl (C=O) groups excluding carboxylic acids is 1. The van der Waals surface area contributed by atoms with Crippen LogP contribution in [0.5, 0.6) is 0 Å². The van der Waals surface area contributed by atoms with Gasteiger partial charge in [-0.1, -0.05) is 37.3 Å². The summed E-state index contributed by atoms with van der Waals surface area (Å²) in [5, 5.41) is 10.1. The zero-order valence-corrected chi connectivity index (χ0v) is 10.1. The Labute approximate surface area is 101 Å². The first-order chi connectivity index (χ1) is 8.15. The number of hydrogen-bond acceptors (Lipinski definition) is 2. The lowest BCUT2D eigenvalue weighted by Crippen LogP contribution is -2.37. The predicted molar refractivity (Wildman–Crippen MR) is 66.1 cm³/mol. The van der Waals surface area contributed by atoms with Crippen LogP contribution in [0.4, 0.5) is 0 Å². The van der Waals surface area contributed by atoms with Crippen LogP contribution in [-0.4, -0.2) is 22.1 Å². The van der Waals surface area contributed by atoms with Crippen LogP contribution >= 0.6 is 0 Å². The van der Waals surface area contributed by atoms with Gasteiger partial charge in [-0.3, -0.25) is 4.79 Å². The van der Waals surface area contributed by atoms with Crippen LogP contribution in [0.25, 0.3) is 0 Å². The van der Waals surface area contributed by atoms with Gasteiger partial charge in [-0.05, 0) is 24.5 Å². The first-order valence-electron chi connectivity index (χ1n) is 5.91. The largest absolute Gasteiger partial charge is 0.369 e. The summed E-state index contributed by atoms with van der Waals surface area (Å²) in [6, 6.07) is 9.64. The molecule has 1 unspecified atom stereocenters. The molecule has 3 nitrogen and oxygen atoms in total. The second kappa shape index (κ2) is 4.72. The number of benzene rings is 1. The molecule has 2 atom stereocenters. The average Bonchev–Trinajstić information content (AvgIpc) is 2.64. The van der Waals surface area contributed by atoms with Crippen LogP contribution in [0.15, 0.2) is 42.0 Å². The Morgan fingerprint density at radius 2 is 2.00 bits per heavy atom. The van der Waals surface area contributed by atoms with E-state index in [1.165, 1.54) is 4.90 Å². The van der Waals surface area contributed by atoms with Gasteiger partial charge in [-0.2, -0.15) is 0 Å². The summed E-state index contributed by atoms with van der Waals surface area (Å²) in [6.45, 7) is 3.88. The van der Waals surface area contributed by atoms with Crippen molar-refractivity contribution in [2.45, 2.75) is 32.5 Å². The second-order valence-corrected chi connectivity index (χ2v) is 4.28. The van der Waals surface area contributed by atoms with Gasteiger partial charge in [0.25, 0.3) is 0 Å². The summed E-state index contributed by atoms with van der Waals surface area (Å²) < 4.78 is 0.